The standard InChI is InChI=1S/C18H24N2OS/c1-13-12-19-17(20-14(13)2)22-16-8-6-15(7-9-16)21-11-10-18(3,4)5/h6-9,12H,10-11H2,1-5H3. The molecule has 0 aliphatic rings. The predicted octanol–water partition coefficient (Wildman–Crippen LogP) is 5.06. The molecule has 2 aromatic rings. The lowest BCUT2D eigenvalue weighted by Crippen LogP contribution is -2.10. The van der Waals surface area contributed by atoms with Gasteiger partial charge in [-0.05, 0) is 67.3 Å². The summed E-state index contributed by atoms with van der Waals surface area (Å²) in [5, 5.41) is 0.782. The summed E-state index contributed by atoms with van der Waals surface area (Å²) in [5.41, 5.74) is 2.45. The Labute approximate surface area is 137 Å². The van der Waals surface area contributed by atoms with Crippen LogP contribution >= 0.6 is 11.8 Å². The van der Waals surface area contributed by atoms with E-state index in [-0.39, 0.29) is 0 Å². The van der Waals surface area contributed by atoms with Gasteiger partial charge in [-0.3, -0.25) is 0 Å². The summed E-state index contributed by atoms with van der Waals surface area (Å²) in [7, 11) is 0. The number of hydrogen-bond acceptors (Lipinski definition) is 4. The minimum Gasteiger partial charge on any atom is -0.494 e. The van der Waals surface area contributed by atoms with E-state index in [0.717, 1.165) is 40.1 Å². The summed E-state index contributed by atoms with van der Waals surface area (Å²) in [5.74, 6) is 0.912. The van der Waals surface area contributed by atoms with Crippen LogP contribution in [0.25, 0.3) is 0 Å². The van der Waals surface area contributed by atoms with E-state index in [1.54, 1.807) is 11.8 Å². The van der Waals surface area contributed by atoms with Gasteiger partial charge in [0.25, 0.3) is 0 Å². The highest BCUT2D eigenvalue weighted by Crippen LogP contribution is 2.27. The molecule has 0 aliphatic carbocycles. The zero-order chi connectivity index (χ0) is 16.2. The summed E-state index contributed by atoms with van der Waals surface area (Å²) in [6.45, 7) is 11.4. The maximum absolute atomic E-state index is 5.78. The van der Waals surface area contributed by atoms with Crippen molar-refractivity contribution in [3.63, 3.8) is 0 Å². The second-order valence-corrected chi connectivity index (χ2v) is 7.69. The molecule has 0 unspecified atom stereocenters. The third kappa shape index (κ3) is 5.34. The van der Waals surface area contributed by atoms with E-state index in [4.69, 9.17) is 4.74 Å². The molecule has 0 saturated heterocycles. The number of rotatable bonds is 5. The van der Waals surface area contributed by atoms with Crippen LogP contribution in [-0.2, 0) is 0 Å². The lowest BCUT2D eigenvalue weighted by atomic mass is 9.93. The molecular formula is C18H24N2OS. The molecule has 0 radical (unpaired) electrons. The Balaban J connectivity index is 1.92. The van der Waals surface area contributed by atoms with Gasteiger partial charge in [0.2, 0.25) is 0 Å². The van der Waals surface area contributed by atoms with E-state index in [9.17, 15) is 0 Å². The molecule has 0 fully saturated rings. The van der Waals surface area contributed by atoms with Crippen LogP contribution in [0.1, 0.15) is 38.4 Å². The Bertz CT molecular complexity index is 618. The highest BCUT2D eigenvalue weighted by molar-refractivity contribution is 7.99. The van der Waals surface area contributed by atoms with Gasteiger partial charge < -0.3 is 4.74 Å². The van der Waals surface area contributed by atoms with Gasteiger partial charge in [-0.25, -0.2) is 9.97 Å². The minimum atomic E-state index is 0.302. The molecule has 3 nitrogen and oxygen atoms in total. The van der Waals surface area contributed by atoms with Crippen LogP contribution in [0.15, 0.2) is 40.5 Å². The molecule has 0 saturated carbocycles. The Hall–Kier alpha value is -1.55. The van der Waals surface area contributed by atoms with E-state index in [1.165, 1.54) is 0 Å². The molecule has 0 spiro atoms. The normalized spacial score (nSPS) is 11.5. The first-order chi connectivity index (χ1) is 10.3. The van der Waals surface area contributed by atoms with Gasteiger partial charge in [0, 0.05) is 16.8 Å². The van der Waals surface area contributed by atoms with Gasteiger partial charge >= 0.3 is 0 Å². The number of benzene rings is 1. The zero-order valence-electron chi connectivity index (χ0n) is 14.0. The van der Waals surface area contributed by atoms with Crippen molar-refractivity contribution >= 4 is 11.8 Å². The monoisotopic (exact) mass is 316 g/mol. The van der Waals surface area contributed by atoms with Crippen molar-refractivity contribution in [2.75, 3.05) is 6.61 Å². The number of hydrogen-bond donors (Lipinski definition) is 0. The number of nitrogens with zero attached hydrogens (tertiary/aromatic N) is 2. The van der Waals surface area contributed by atoms with Gasteiger partial charge in [0.1, 0.15) is 5.75 Å². The van der Waals surface area contributed by atoms with Crippen molar-refractivity contribution < 1.29 is 4.74 Å². The van der Waals surface area contributed by atoms with Crippen LogP contribution < -0.4 is 4.74 Å². The number of ether oxygens (including phenoxy) is 1. The van der Waals surface area contributed by atoms with Gasteiger partial charge in [-0.2, -0.15) is 0 Å². The fourth-order valence-corrected chi connectivity index (χ4v) is 2.51. The molecule has 118 valence electrons. The van der Waals surface area contributed by atoms with E-state index in [0.29, 0.717) is 5.41 Å². The molecule has 0 aliphatic heterocycles. The van der Waals surface area contributed by atoms with Crippen LogP contribution in [-0.4, -0.2) is 16.6 Å². The van der Waals surface area contributed by atoms with Crippen molar-refractivity contribution in [2.24, 2.45) is 5.41 Å². The van der Waals surface area contributed by atoms with Crippen molar-refractivity contribution in [3.05, 3.63) is 41.7 Å². The molecule has 0 amide bonds. The first-order valence-electron chi connectivity index (χ1n) is 7.54. The minimum absolute atomic E-state index is 0.302. The first-order valence-corrected chi connectivity index (χ1v) is 8.36. The molecule has 1 heterocycles. The average Bonchev–Trinajstić information content (AvgIpc) is 2.43. The average molecular weight is 316 g/mol. The topological polar surface area (TPSA) is 35.0 Å². The van der Waals surface area contributed by atoms with Crippen LogP contribution in [0, 0.1) is 19.3 Å². The van der Waals surface area contributed by atoms with E-state index in [1.807, 2.05) is 32.2 Å². The summed E-state index contributed by atoms with van der Waals surface area (Å²) in [6, 6.07) is 8.11. The van der Waals surface area contributed by atoms with Gasteiger partial charge in [0.05, 0.1) is 6.61 Å². The fourth-order valence-electron chi connectivity index (χ4n) is 1.74. The lowest BCUT2D eigenvalue weighted by molar-refractivity contribution is 0.243. The Morgan fingerprint density at radius 2 is 1.77 bits per heavy atom. The van der Waals surface area contributed by atoms with E-state index < -0.39 is 0 Å². The summed E-state index contributed by atoms with van der Waals surface area (Å²) in [6.07, 6.45) is 2.91. The van der Waals surface area contributed by atoms with Crippen LogP contribution in [0.3, 0.4) is 0 Å². The van der Waals surface area contributed by atoms with E-state index >= 15 is 0 Å². The van der Waals surface area contributed by atoms with Crippen molar-refractivity contribution in [1.82, 2.24) is 9.97 Å². The molecule has 0 atom stereocenters. The van der Waals surface area contributed by atoms with Crippen LogP contribution in [0.2, 0.25) is 0 Å². The summed E-state index contributed by atoms with van der Waals surface area (Å²) < 4.78 is 5.78. The summed E-state index contributed by atoms with van der Waals surface area (Å²) >= 11 is 1.57. The highest BCUT2D eigenvalue weighted by atomic mass is 32.2. The van der Waals surface area contributed by atoms with Crippen LogP contribution in [0.5, 0.6) is 5.75 Å². The second-order valence-electron chi connectivity index (χ2n) is 6.65. The Morgan fingerprint density at radius 1 is 1.09 bits per heavy atom. The predicted molar refractivity (Wildman–Crippen MR) is 91.6 cm³/mol. The smallest absolute Gasteiger partial charge is 0.192 e. The lowest BCUT2D eigenvalue weighted by Gasteiger charge is -2.18. The third-order valence-corrected chi connectivity index (χ3v) is 4.24. The molecule has 2 rings (SSSR count). The van der Waals surface area contributed by atoms with Crippen molar-refractivity contribution in [2.45, 2.75) is 51.1 Å². The molecule has 1 aromatic carbocycles. The SMILES string of the molecule is Cc1cnc(Sc2ccc(OCCC(C)(C)C)cc2)nc1C. The molecule has 0 N–H and O–H groups in total. The molecular weight excluding hydrogens is 292 g/mol. The van der Waals surface area contributed by atoms with Gasteiger partial charge in [-0.15, -0.1) is 0 Å². The molecule has 0 bridgehead atoms. The van der Waals surface area contributed by atoms with Crippen LogP contribution in [0.4, 0.5) is 0 Å². The summed E-state index contributed by atoms with van der Waals surface area (Å²) in [4.78, 5) is 9.96. The Kier molecular flexibility index (Phi) is 5.46. The van der Waals surface area contributed by atoms with Crippen molar-refractivity contribution in [1.29, 1.82) is 0 Å². The van der Waals surface area contributed by atoms with E-state index in [2.05, 4.69) is 42.9 Å². The number of aryl methyl sites for hydroxylation is 2. The van der Waals surface area contributed by atoms with Crippen molar-refractivity contribution in [3.8, 4) is 5.75 Å². The largest absolute Gasteiger partial charge is 0.494 e. The third-order valence-electron chi connectivity index (χ3n) is 3.36. The molecule has 4 heteroatoms. The Morgan fingerprint density at radius 3 is 2.36 bits per heavy atom. The second kappa shape index (κ2) is 7.14. The maximum atomic E-state index is 5.78. The van der Waals surface area contributed by atoms with Gasteiger partial charge in [0.15, 0.2) is 5.16 Å². The fraction of sp³-hybridized carbons (Fsp3) is 0.444. The number of aromatic nitrogens is 2. The zero-order valence-corrected chi connectivity index (χ0v) is 14.8. The molecule has 1 aromatic heterocycles. The maximum Gasteiger partial charge on any atom is 0.192 e. The highest BCUT2D eigenvalue weighted by Gasteiger charge is 2.10. The quantitative estimate of drug-likeness (QED) is 0.722. The molecule has 22 heavy (non-hydrogen) atoms. The first kappa shape index (κ1) is 16.8. The van der Waals surface area contributed by atoms with Gasteiger partial charge in [-0.1, -0.05) is 20.8 Å².